The molecular weight excluding hydrogens is 326 g/mol. The van der Waals surface area contributed by atoms with Gasteiger partial charge in [-0.3, -0.25) is 10.1 Å². The van der Waals surface area contributed by atoms with Gasteiger partial charge in [0.05, 0.1) is 0 Å². The number of nitrogens with two attached hydrogens (primary N) is 1. The Hall–Kier alpha value is -3.16. The highest BCUT2D eigenvalue weighted by Crippen LogP contribution is 2.22. The van der Waals surface area contributed by atoms with Crippen LogP contribution in [0.3, 0.4) is 0 Å². The van der Waals surface area contributed by atoms with E-state index >= 15 is 0 Å². The summed E-state index contributed by atoms with van der Waals surface area (Å²) in [4.78, 5) is 39.3. The molecule has 25 heavy (non-hydrogen) atoms. The van der Waals surface area contributed by atoms with E-state index in [0.29, 0.717) is 5.56 Å². The van der Waals surface area contributed by atoms with Gasteiger partial charge >= 0.3 is 12.0 Å². The Bertz CT molecular complexity index is 783. The van der Waals surface area contributed by atoms with Crippen LogP contribution in [0, 0.1) is 12.8 Å². The van der Waals surface area contributed by atoms with Crippen molar-refractivity contribution in [1.29, 1.82) is 0 Å². The highest BCUT2D eigenvalue weighted by atomic mass is 16.5. The Kier molecular flexibility index (Phi) is 5.53. The summed E-state index contributed by atoms with van der Waals surface area (Å²) in [6.45, 7) is 4.91. The number of amides is 3. The number of aromatic nitrogens is 1. The van der Waals surface area contributed by atoms with Crippen molar-refractivity contribution in [3.8, 4) is 11.5 Å². The van der Waals surface area contributed by atoms with Crippen molar-refractivity contribution in [2.75, 3.05) is 0 Å². The summed E-state index contributed by atoms with van der Waals surface area (Å²) in [5.41, 5.74) is 5.60. The molecule has 0 aliphatic heterocycles. The Morgan fingerprint density at radius 2 is 1.84 bits per heavy atom. The first-order valence-electron chi connectivity index (χ1n) is 7.63. The lowest BCUT2D eigenvalue weighted by atomic mass is 10.1. The number of primary amides is 1. The van der Waals surface area contributed by atoms with Crippen LogP contribution < -0.4 is 11.1 Å². The molecule has 1 atom stereocenters. The summed E-state index contributed by atoms with van der Waals surface area (Å²) < 4.78 is 10.7. The van der Waals surface area contributed by atoms with Gasteiger partial charge in [0.25, 0.3) is 5.91 Å². The first-order chi connectivity index (χ1) is 11.8. The van der Waals surface area contributed by atoms with Gasteiger partial charge in [0.1, 0.15) is 5.76 Å². The van der Waals surface area contributed by atoms with Crippen molar-refractivity contribution < 1.29 is 23.5 Å². The summed E-state index contributed by atoms with van der Waals surface area (Å²) in [5, 5.41) is 1.91. The molecule has 0 spiro atoms. The maximum Gasteiger partial charge on any atom is 0.361 e. The van der Waals surface area contributed by atoms with Crippen LogP contribution in [0.2, 0.25) is 0 Å². The van der Waals surface area contributed by atoms with Gasteiger partial charge in [0.15, 0.2) is 11.8 Å². The fourth-order valence-corrected chi connectivity index (χ4v) is 2.15. The predicted octanol–water partition coefficient (Wildman–Crippen LogP) is 2.03. The van der Waals surface area contributed by atoms with Gasteiger partial charge < -0.3 is 14.9 Å². The zero-order valence-corrected chi connectivity index (χ0v) is 14.1. The molecule has 0 fully saturated rings. The third-order valence-corrected chi connectivity index (χ3v) is 3.35. The monoisotopic (exact) mass is 345 g/mol. The van der Waals surface area contributed by atoms with Gasteiger partial charge in [0.2, 0.25) is 5.89 Å². The molecule has 2 aromatic rings. The number of oxazole rings is 1. The fraction of sp³-hybridized carbons (Fsp3) is 0.294. The Morgan fingerprint density at radius 3 is 2.40 bits per heavy atom. The third kappa shape index (κ3) is 4.43. The topological polar surface area (TPSA) is 125 Å². The molecule has 1 aromatic heterocycles. The van der Waals surface area contributed by atoms with E-state index < -0.39 is 24.0 Å². The summed E-state index contributed by atoms with van der Waals surface area (Å²) in [6.07, 6.45) is -1.18. The number of carbonyl (C=O) groups excluding carboxylic acids is 3. The van der Waals surface area contributed by atoms with E-state index in [9.17, 15) is 14.4 Å². The van der Waals surface area contributed by atoms with Gasteiger partial charge in [-0.2, -0.15) is 0 Å². The van der Waals surface area contributed by atoms with Crippen LogP contribution in [-0.4, -0.2) is 29.0 Å². The predicted molar refractivity (Wildman–Crippen MR) is 88.4 cm³/mol. The van der Waals surface area contributed by atoms with Crippen LogP contribution in [0.15, 0.2) is 34.7 Å². The summed E-state index contributed by atoms with van der Waals surface area (Å²) in [7, 11) is 0. The van der Waals surface area contributed by atoms with Crippen LogP contribution in [0.1, 0.15) is 30.1 Å². The minimum atomic E-state index is -1.18. The number of rotatable bonds is 5. The molecular formula is C17H19N3O5. The van der Waals surface area contributed by atoms with Gasteiger partial charge in [-0.1, -0.05) is 32.0 Å². The van der Waals surface area contributed by atoms with Gasteiger partial charge in [-0.15, -0.1) is 0 Å². The van der Waals surface area contributed by atoms with Gasteiger partial charge in [-0.25, -0.2) is 14.6 Å². The molecule has 2 rings (SSSR count). The number of imide groups is 1. The summed E-state index contributed by atoms with van der Waals surface area (Å²) in [6, 6.07) is 8.04. The fourth-order valence-electron chi connectivity index (χ4n) is 2.15. The van der Waals surface area contributed by atoms with E-state index in [2.05, 4.69) is 4.98 Å². The first kappa shape index (κ1) is 18.2. The molecule has 0 aliphatic rings. The molecule has 3 N–H and O–H groups in total. The quantitative estimate of drug-likeness (QED) is 0.799. The van der Waals surface area contributed by atoms with E-state index in [1.165, 1.54) is 0 Å². The number of nitrogens with zero attached hydrogens (tertiary/aromatic N) is 1. The molecule has 0 saturated carbocycles. The van der Waals surface area contributed by atoms with Crippen LogP contribution >= 0.6 is 0 Å². The van der Waals surface area contributed by atoms with Crippen LogP contribution in [0.25, 0.3) is 11.5 Å². The number of ether oxygens (including phenoxy) is 1. The number of hydrogen-bond acceptors (Lipinski definition) is 6. The largest absolute Gasteiger partial charge is 0.447 e. The highest BCUT2D eigenvalue weighted by molar-refractivity contribution is 5.98. The Balaban J connectivity index is 2.21. The molecule has 3 amide bonds. The lowest BCUT2D eigenvalue weighted by Crippen LogP contribution is -2.45. The normalized spacial score (nSPS) is 11.8. The number of hydrogen-bond donors (Lipinski definition) is 2. The van der Waals surface area contributed by atoms with E-state index in [0.717, 1.165) is 0 Å². The molecule has 0 saturated heterocycles. The lowest BCUT2D eigenvalue weighted by Gasteiger charge is -2.19. The first-order valence-corrected chi connectivity index (χ1v) is 7.63. The van der Waals surface area contributed by atoms with Crippen LogP contribution in [0.5, 0.6) is 0 Å². The number of nitrogens with one attached hydrogen (secondary N) is 1. The molecule has 0 bridgehead atoms. The van der Waals surface area contributed by atoms with Crippen molar-refractivity contribution in [2.24, 2.45) is 11.7 Å². The molecule has 8 heteroatoms. The van der Waals surface area contributed by atoms with Crippen LogP contribution in [0.4, 0.5) is 4.79 Å². The second-order valence-corrected chi connectivity index (χ2v) is 5.71. The SMILES string of the molecule is Cc1oc(-c2ccccc2)nc1C(=O)O[C@@H](C(=O)NC(N)=O)C(C)C. The molecule has 132 valence electrons. The van der Waals surface area contributed by atoms with E-state index in [1.807, 2.05) is 23.5 Å². The Morgan fingerprint density at radius 1 is 1.20 bits per heavy atom. The third-order valence-electron chi connectivity index (χ3n) is 3.35. The van der Waals surface area contributed by atoms with Crippen molar-refractivity contribution >= 4 is 17.9 Å². The lowest BCUT2D eigenvalue weighted by molar-refractivity contribution is -0.130. The van der Waals surface area contributed by atoms with Crippen molar-refractivity contribution in [2.45, 2.75) is 26.9 Å². The minimum absolute atomic E-state index is 0.0311. The zero-order chi connectivity index (χ0) is 18.6. The second kappa shape index (κ2) is 7.61. The molecule has 1 heterocycles. The molecule has 1 aromatic carbocycles. The number of benzene rings is 1. The number of esters is 1. The maximum atomic E-state index is 12.4. The smallest absolute Gasteiger partial charge is 0.361 e. The van der Waals surface area contributed by atoms with Crippen LogP contribution in [-0.2, 0) is 9.53 Å². The standard InChI is InChI=1S/C17H19N3O5/c1-9(2)13(14(21)20-17(18)23)25-16(22)12-10(3)24-15(19-12)11-7-5-4-6-8-11/h4-9,13H,1-3H3,(H3,18,20,21,23)/t13-/m1/s1. The number of carbonyl (C=O) groups is 3. The van der Waals surface area contributed by atoms with E-state index in [1.54, 1.807) is 32.9 Å². The maximum absolute atomic E-state index is 12.4. The second-order valence-electron chi connectivity index (χ2n) is 5.71. The molecule has 8 nitrogen and oxygen atoms in total. The van der Waals surface area contributed by atoms with Gasteiger partial charge in [0, 0.05) is 5.56 Å². The summed E-state index contributed by atoms with van der Waals surface area (Å²) in [5.74, 6) is -1.44. The van der Waals surface area contributed by atoms with Gasteiger partial charge in [-0.05, 0) is 25.0 Å². The van der Waals surface area contributed by atoms with E-state index in [-0.39, 0.29) is 23.3 Å². The molecule has 0 radical (unpaired) electrons. The zero-order valence-electron chi connectivity index (χ0n) is 14.1. The number of aryl methyl sites for hydroxylation is 1. The molecule has 0 aliphatic carbocycles. The van der Waals surface area contributed by atoms with Crippen molar-refractivity contribution in [3.05, 3.63) is 41.8 Å². The Labute approximate surface area is 144 Å². The minimum Gasteiger partial charge on any atom is -0.447 e. The van der Waals surface area contributed by atoms with Crippen molar-refractivity contribution in [1.82, 2.24) is 10.3 Å². The average Bonchev–Trinajstić information content (AvgIpc) is 2.94. The number of urea groups is 1. The average molecular weight is 345 g/mol. The highest BCUT2D eigenvalue weighted by Gasteiger charge is 2.30. The van der Waals surface area contributed by atoms with E-state index in [4.69, 9.17) is 14.9 Å². The van der Waals surface area contributed by atoms with Crippen molar-refractivity contribution in [3.63, 3.8) is 0 Å². The summed E-state index contributed by atoms with van der Waals surface area (Å²) >= 11 is 0. The molecule has 0 unspecified atom stereocenters.